The second-order valence-electron chi connectivity index (χ2n) is 2.21. The lowest BCUT2D eigenvalue weighted by Crippen LogP contribution is -1.95. The molecule has 0 atom stereocenters. The maximum atomic E-state index is 4.00. The molecule has 0 fully saturated rings. The molecule has 0 unspecified atom stereocenters. The quantitative estimate of drug-likeness (QED) is 0.737. The monoisotopic (exact) mass is 224 g/mol. The molecular formula is C7H5BrN4. The molecule has 0 N–H and O–H groups in total. The van der Waals surface area contributed by atoms with Gasteiger partial charge in [0.2, 0.25) is 0 Å². The molecule has 12 heavy (non-hydrogen) atoms. The zero-order valence-corrected chi connectivity index (χ0v) is 7.64. The van der Waals surface area contributed by atoms with Crippen LogP contribution in [0.1, 0.15) is 0 Å². The third-order valence-electron chi connectivity index (χ3n) is 1.38. The van der Waals surface area contributed by atoms with Gasteiger partial charge >= 0.3 is 0 Å². The van der Waals surface area contributed by atoms with Crippen molar-refractivity contribution in [1.29, 1.82) is 0 Å². The van der Waals surface area contributed by atoms with Crippen molar-refractivity contribution in [2.24, 2.45) is 0 Å². The zero-order valence-electron chi connectivity index (χ0n) is 6.05. The average molecular weight is 225 g/mol. The molecule has 0 saturated carbocycles. The summed E-state index contributed by atoms with van der Waals surface area (Å²) in [6, 6.07) is 1.92. The molecule has 0 aliphatic rings. The molecule has 0 aromatic carbocycles. The van der Waals surface area contributed by atoms with Crippen molar-refractivity contribution in [3.05, 3.63) is 35.3 Å². The second-order valence-corrected chi connectivity index (χ2v) is 3.12. The lowest BCUT2D eigenvalue weighted by atomic mass is 10.4. The van der Waals surface area contributed by atoms with Crippen molar-refractivity contribution >= 4 is 15.9 Å². The van der Waals surface area contributed by atoms with Crippen LogP contribution < -0.4 is 0 Å². The summed E-state index contributed by atoms with van der Waals surface area (Å²) in [7, 11) is 0. The first kappa shape index (κ1) is 7.42. The molecule has 0 aliphatic heterocycles. The van der Waals surface area contributed by atoms with Crippen molar-refractivity contribution in [2.75, 3.05) is 0 Å². The SMILES string of the molecule is Brc1cncc(-n2ccnn2)c1. The van der Waals surface area contributed by atoms with Gasteiger partial charge in [-0.15, -0.1) is 5.10 Å². The molecule has 5 heteroatoms. The van der Waals surface area contributed by atoms with Gasteiger partial charge in [0, 0.05) is 10.7 Å². The summed E-state index contributed by atoms with van der Waals surface area (Å²) in [5, 5.41) is 7.53. The fourth-order valence-electron chi connectivity index (χ4n) is 0.872. The van der Waals surface area contributed by atoms with Crippen LogP contribution in [0.15, 0.2) is 35.3 Å². The van der Waals surface area contributed by atoms with E-state index in [1.165, 1.54) is 0 Å². The molecule has 60 valence electrons. The standard InChI is InChI=1S/C7H5BrN4/c8-6-3-7(5-9-4-6)12-2-1-10-11-12/h1-5H. The van der Waals surface area contributed by atoms with Crippen LogP contribution in [-0.4, -0.2) is 20.0 Å². The van der Waals surface area contributed by atoms with E-state index in [2.05, 4.69) is 31.2 Å². The highest BCUT2D eigenvalue weighted by molar-refractivity contribution is 9.10. The van der Waals surface area contributed by atoms with Crippen LogP contribution in [0.3, 0.4) is 0 Å². The fraction of sp³-hybridized carbons (Fsp3) is 0. The van der Waals surface area contributed by atoms with E-state index in [4.69, 9.17) is 0 Å². The zero-order chi connectivity index (χ0) is 8.39. The van der Waals surface area contributed by atoms with Crippen LogP contribution in [0.25, 0.3) is 5.69 Å². The topological polar surface area (TPSA) is 43.6 Å². The lowest BCUT2D eigenvalue weighted by Gasteiger charge is -1.97. The largest absolute Gasteiger partial charge is 0.261 e. The van der Waals surface area contributed by atoms with Gasteiger partial charge in [-0.3, -0.25) is 4.98 Å². The van der Waals surface area contributed by atoms with Gasteiger partial charge in [0.15, 0.2) is 0 Å². The summed E-state index contributed by atoms with van der Waals surface area (Å²) in [5.41, 5.74) is 0.891. The minimum atomic E-state index is 0.891. The Bertz CT molecular complexity index is 371. The van der Waals surface area contributed by atoms with Crippen molar-refractivity contribution in [3.8, 4) is 5.69 Å². The number of nitrogens with zero attached hydrogens (tertiary/aromatic N) is 4. The van der Waals surface area contributed by atoms with Gasteiger partial charge in [-0.05, 0) is 22.0 Å². The predicted octanol–water partition coefficient (Wildman–Crippen LogP) is 1.42. The first-order valence-electron chi connectivity index (χ1n) is 3.33. The fourth-order valence-corrected chi connectivity index (χ4v) is 1.22. The molecule has 4 nitrogen and oxygen atoms in total. The van der Waals surface area contributed by atoms with E-state index in [0.29, 0.717) is 0 Å². The van der Waals surface area contributed by atoms with Crippen LogP contribution in [0.4, 0.5) is 0 Å². The minimum Gasteiger partial charge on any atom is -0.261 e. The third kappa shape index (κ3) is 1.35. The third-order valence-corrected chi connectivity index (χ3v) is 1.81. The Hall–Kier alpha value is -1.23. The number of hydrogen-bond donors (Lipinski definition) is 0. The predicted molar refractivity (Wildman–Crippen MR) is 46.9 cm³/mol. The normalized spacial score (nSPS) is 10.1. The summed E-state index contributed by atoms with van der Waals surface area (Å²) >= 11 is 3.32. The first-order chi connectivity index (χ1) is 5.86. The molecule has 2 aromatic heterocycles. The van der Waals surface area contributed by atoms with E-state index < -0.39 is 0 Å². The van der Waals surface area contributed by atoms with E-state index in [-0.39, 0.29) is 0 Å². The summed E-state index contributed by atoms with van der Waals surface area (Å²) in [6.07, 6.45) is 6.84. The maximum Gasteiger partial charge on any atom is 0.0857 e. The Morgan fingerprint density at radius 1 is 1.33 bits per heavy atom. The Kier molecular flexibility index (Phi) is 1.87. The molecule has 0 aliphatic carbocycles. The lowest BCUT2D eigenvalue weighted by molar-refractivity contribution is 0.799. The van der Waals surface area contributed by atoms with Crippen LogP contribution in [0.2, 0.25) is 0 Å². The van der Waals surface area contributed by atoms with Gasteiger partial charge in [0.05, 0.1) is 24.3 Å². The van der Waals surface area contributed by atoms with E-state index in [0.717, 1.165) is 10.2 Å². The number of aromatic nitrogens is 4. The van der Waals surface area contributed by atoms with Crippen LogP contribution in [0.5, 0.6) is 0 Å². The first-order valence-corrected chi connectivity index (χ1v) is 4.13. The van der Waals surface area contributed by atoms with Crippen molar-refractivity contribution in [1.82, 2.24) is 20.0 Å². The molecular weight excluding hydrogens is 220 g/mol. The summed E-state index contributed by atoms with van der Waals surface area (Å²) < 4.78 is 2.58. The maximum absolute atomic E-state index is 4.00. The average Bonchev–Trinajstić information content (AvgIpc) is 2.56. The number of rotatable bonds is 1. The molecule has 2 aromatic rings. The van der Waals surface area contributed by atoms with Crippen molar-refractivity contribution in [3.63, 3.8) is 0 Å². The Morgan fingerprint density at radius 3 is 2.92 bits per heavy atom. The second kappa shape index (κ2) is 3.02. The van der Waals surface area contributed by atoms with Crippen LogP contribution in [-0.2, 0) is 0 Å². The van der Waals surface area contributed by atoms with E-state index >= 15 is 0 Å². The minimum absolute atomic E-state index is 0.891. The smallest absolute Gasteiger partial charge is 0.0857 e. The molecule has 0 bridgehead atoms. The molecule has 0 radical (unpaired) electrons. The van der Waals surface area contributed by atoms with E-state index in [1.807, 2.05) is 6.07 Å². The Morgan fingerprint density at radius 2 is 2.25 bits per heavy atom. The highest BCUT2D eigenvalue weighted by Gasteiger charge is 1.96. The van der Waals surface area contributed by atoms with Crippen LogP contribution in [0, 0.1) is 0 Å². The van der Waals surface area contributed by atoms with Gasteiger partial charge in [-0.1, -0.05) is 5.21 Å². The number of halogens is 1. The van der Waals surface area contributed by atoms with E-state index in [9.17, 15) is 0 Å². The molecule has 2 rings (SSSR count). The van der Waals surface area contributed by atoms with E-state index in [1.54, 1.807) is 29.5 Å². The molecule has 0 saturated heterocycles. The molecule has 0 amide bonds. The summed E-state index contributed by atoms with van der Waals surface area (Å²) in [6.45, 7) is 0. The summed E-state index contributed by atoms with van der Waals surface area (Å²) in [4.78, 5) is 4.00. The molecule has 0 spiro atoms. The van der Waals surface area contributed by atoms with Gasteiger partial charge in [-0.2, -0.15) is 0 Å². The Labute approximate surface area is 77.4 Å². The van der Waals surface area contributed by atoms with Crippen molar-refractivity contribution in [2.45, 2.75) is 0 Å². The number of pyridine rings is 1. The van der Waals surface area contributed by atoms with Gasteiger partial charge in [0.25, 0.3) is 0 Å². The van der Waals surface area contributed by atoms with Gasteiger partial charge < -0.3 is 0 Å². The highest BCUT2D eigenvalue weighted by atomic mass is 79.9. The van der Waals surface area contributed by atoms with Crippen molar-refractivity contribution < 1.29 is 0 Å². The highest BCUT2D eigenvalue weighted by Crippen LogP contribution is 2.11. The Balaban J connectivity index is 2.48. The van der Waals surface area contributed by atoms with Crippen LogP contribution >= 0.6 is 15.9 Å². The van der Waals surface area contributed by atoms with Gasteiger partial charge in [0.1, 0.15) is 0 Å². The molecule has 2 heterocycles. The summed E-state index contributed by atoms with van der Waals surface area (Å²) in [5.74, 6) is 0. The number of hydrogen-bond acceptors (Lipinski definition) is 3. The van der Waals surface area contributed by atoms with Gasteiger partial charge in [-0.25, -0.2) is 4.68 Å².